The molecule has 2 rings (SSSR count). The summed E-state index contributed by atoms with van der Waals surface area (Å²) < 4.78 is 10.2. The predicted molar refractivity (Wildman–Crippen MR) is 56.7 cm³/mol. The SMILES string of the molecule is CO[P+]1([O-])O[C@@H](c2ccccc2)CS1. The lowest BCUT2D eigenvalue weighted by molar-refractivity contribution is -0.208. The van der Waals surface area contributed by atoms with Crippen LogP contribution in [0.15, 0.2) is 30.3 Å². The zero-order valence-electron chi connectivity index (χ0n) is 7.75. The highest BCUT2D eigenvalue weighted by Crippen LogP contribution is 2.71. The molecule has 0 aromatic heterocycles. The van der Waals surface area contributed by atoms with E-state index < -0.39 is 7.15 Å². The smallest absolute Gasteiger partial charge is 0.299 e. The van der Waals surface area contributed by atoms with Gasteiger partial charge in [-0.3, -0.25) is 0 Å². The molecule has 3 nitrogen and oxygen atoms in total. The normalized spacial score (nSPS) is 32.0. The molecule has 0 bridgehead atoms. The number of hydrogen-bond donors (Lipinski definition) is 0. The molecule has 1 aliphatic rings. The molecule has 0 spiro atoms. The van der Waals surface area contributed by atoms with Crippen molar-refractivity contribution >= 4 is 18.5 Å². The van der Waals surface area contributed by atoms with E-state index in [-0.39, 0.29) is 6.10 Å². The van der Waals surface area contributed by atoms with Gasteiger partial charge in [0.25, 0.3) is 7.15 Å². The van der Waals surface area contributed by atoms with Gasteiger partial charge in [-0.1, -0.05) is 30.3 Å². The fourth-order valence-corrected chi connectivity index (χ4v) is 4.50. The van der Waals surface area contributed by atoms with Gasteiger partial charge < -0.3 is 4.89 Å². The molecule has 2 atom stereocenters. The molecule has 14 heavy (non-hydrogen) atoms. The van der Waals surface area contributed by atoms with Crippen LogP contribution in [0, 0.1) is 0 Å². The Hall–Kier alpha value is -0.120. The van der Waals surface area contributed by atoms with Gasteiger partial charge in [0.15, 0.2) is 0 Å². The summed E-state index contributed by atoms with van der Waals surface area (Å²) in [5.74, 6) is 0.690. The van der Waals surface area contributed by atoms with E-state index in [2.05, 4.69) is 0 Å². The summed E-state index contributed by atoms with van der Waals surface area (Å²) in [4.78, 5) is 11.7. The van der Waals surface area contributed by atoms with Crippen molar-refractivity contribution in [3.8, 4) is 0 Å². The largest absolute Gasteiger partial charge is 0.622 e. The van der Waals surface area contributed by atoms with Crippen molar-refractivity contribution in [2.75, 3.05) is 12.9 Å². The van der Waals surface area contributed by atoms with Crippen LogP contribution in [0.2, 0.25) is 0 Å². The molecule has 0 saturated carbocycles. The molecule has 5 heteroatoms. The van der Waals surface area contributed by atoms with E-state index in [1.54, 1.807) is 0 Å². The summed E-state index contributed by atoms with van der Waals surface area (Å²) in [5.41, 5.74) is 1.05. The molecule has 0 amide bonds. The molecular weight excluding hydrogens is 219 g/mol. The Bertz CT molecular complexity index is 308. The first-order valence-corrected chi connectivity index (χ1v) is 7.40. The molecule has 1 aromatic rings. The van der Waals surface area contributed by atoms with Gasteiger partial charge in [0.2, 0.25) is 0 Å². The quantitative estimate of drug-likeness (QED) is 0.730. The molecule has 0 radical (unpaired) electrons. The topological polar surface area (TPSA) is 41.5 Å². The number of rotatable bonds is 2. The summed E-state index contributed by atoms with van der Waals surface area (Å²) in [5, 5.41) is 0. The zero-order valence-corrected chi connectivity index (χ0v) is 9.46. The van der Waals surface area contributed by atoms with Crippen LogP contribution in [0.1, 0.15) is 11.7 Å². The first kappa shape index (κ1) is 10.4. The minimum absolute atomic E-state index is 0.105. The van der Waals surface area contributed by atoms with Gasteiger partial charge in [-0.05, 0) is 5.56 Å². The van der Waals surface area contributed by atoms with Crippen molar-refractivity contribution in [1.29, 1.82) is 0 Å². The highest BCUT2D eigenvalue weighted by Gasteiger charge is 2.43. The Morgan fingerprint density at radius 3 is 2.79 bits per heavy atom. The fourth-order valence-electron chi connectivity index (χ4n) is 1.30. The van der Waals surface area contributed by atoms with E-state index in [9.17, 15) is 4.89 Å². The van der Waals surface area contributed by atoms with Crippen LogP contribution >= 0.6 is 18.5 Å². The third-order valence-electron chi connectivity index (χ3n) is 2.04. The average molecular weight is 230 g/mol. The molecular formula is C9H11O3PS. The first-order valence-electron chi connectivity index (χ1n) is 4.27. The van der Waals surface area contributed by atoms with E-state index in [1.807, 2.05) is 30.3 Å². The van der Waals surface area contributed by atoms with Gasteiger partial charge in [0, 0.05) is 0 Å². The highest BCUT2D eigenvalue weighted by atomic mass is 32.7. The van der Waals surface area contributed by atoms with Crippen LogP contribution in [-0.2, 0) is 9.05 Å². The van der Waals surface area contributed by atoms with Crippen molar-refractivity contribution < 1.29 is 13.9 Å². The third kappa shape index (κ3) is 2.10. The lowest BCUT2D eigenvalue weighted by Gasteiger charge is -2.18. The van der Waals surface area contributed by atoms with Crippen LogP contribution in [0.25, 0.3) is 0 Å². The summed E-state index contributed by atoms with van der Waals surface area (Å²) in [7, 11) is -1.44. The van der Waals surface area contributed by atoms with Gasteiger partial charge in [-0.25, -0.2) is 4.52 Å². The Labute approximate surface area is 87.8 Å². The van der Waals surface area contributed by atoms with Crippen molar-refractivity contribution in [2.45, 2.75) is 6.10 Å². The molecule has 1 unspecified atom stereocenters. The zero-order chi connectivity index (χ0) is 10.0. The van der Waals surface area contributed by atoms with Crippen molar-refractivity contribution in [3.05, 3.63) is 35.9 Å². The number of benzene rings is 1. The maximum Gasteiger partial charge on any atom is 0.299 e. The van der Waals surface area contributed by atoms with Gasteiger partial charge in [0.05, 0.1) is 24.2 Å². The second-order valence-corrected chi connectivity index (χ2v) is 7.11. The van der Waals surface area contributed by atoms with Crippen LogP contribution in [0.3, 0.4) is 0 Å². The van der Waals surface area contributed by atoms with Crippen LogP contribution in [0.4, 0.5) is 0 Å². The molecule has 0 aliphatic carbocycles. The molecule has 0 N–H and O–H groups in total. The molecule has 1 heterocycles. The van der Waals surface area contributed by atoms with E-state index in [1.165, 1.54) is 18.5 Å². The lowest BCUT2D eigenvalue weighted by Crippen LogP contribution is -2.08. The monoisotopic (exact) mass is 230 g/mol. The fraction of sp³-hybridized carbons (Fsp3) is 0.333. The minimum Gasteiger partial charge on any atom is -0.622 e. The summed E-state index contributed by atoms with van der Waals surface area (Å²) >= 11 is 1.26. The van der Waals surface area contributed by atoms with Crippen molar-refractivity contribution in [3.63, 3.8) is 0 Å². The predicted octanol–water partition coefficient (Wildman–Crippen LogP) is 2.18. The van der Waals surface area contributed by atoms with Crippen LogP contribution < -0.4 is 4.89 Å². The summed E-state index contributed by atoms with van der Waals surface area (Å²) in [6, 6.07) is 9.77. The summed E-state index contributed by atoms with van der Waals surface area (Å²) in [6.45, 7) is 0. The standard InChI is InChI=1S/C9H11O3PS/c1-11-13(10)12-9(7-14-13)8-5-3-2-4-6-8/h2-6,9H,7H2,1H3/t9-,13?/m1/s1. The van der Waals surface area contributed by atoms with E-state index in [4.69, 9.17) is 9.05 Å². The average Bonchev–Trinajstić information content (AvgIpc) is 2.63. The van der Waals surface area contributed by atoms with Crippen molar-refractivity contribution in [2.24, 2.45) is 0 Å². The maximum absolute atomic E-state index is 11.7. The lowest BCUT2D eigenvalue weighted by atomic mass is 10.1. The molecule has 1 saturated heterocycles. The number of hydrogen-bond acceptors (Lipinski definition) is 4. The van der Waals surface area contributed by atoms with Gasteiger partial charge in [-0.15, -0.1) is 0 Å². The first-order chi connectivity index (χ1) is 6.73. The Kier molecular flexibility index (Phi) is 3.10. The van der Waals surface area contributed by atoms with E-state index >= 15 is 0 Å². The summed E-state index contributed by atoms with van der Waals surface area (Å²) in [6.07, 6.45) is -0.105. The highest BCUT2D eigenvalue weighted by molar-refractivity contribution is 8.57. The Balaban J connectivity index is 2.10. The van der Waals surface area contributed by atoms with Crippen molar-refractivity contribution in [1.82, 2.24) is 0 Å². The maximum atomic E-state index is 11.7. The molecule has 1 aromatic carbocycles. The molecule has 1 fully saturated rings. The molecule has 1 aliphatic heterocycles. The van der Waals surface area contributed by atoms with Crippen LogP contribution in [-0.4, -0.2) is 12.9 Å². The van der Waals surface area contributed by atoms with Crippen LogP contribution in [0.5, 0.6) is 0 Å². The third-order valence-corrected chi connectivity index (χ3v) is 5.86. The van der Waals surface area contributed by atoms with Gasteiger partial charge in [0.1, 0.15) is 6.10 Å². The van der Waals surface area contributed by atoms with E-state index in [0.717, 1.165) is 5.56 Å². The van der Waals surface area contributed by atoms with E-state index in [0.29, 0.717) is 5.75 Å². The minimum atomic E-state index is -2.86. The Morgan fingerprint density at radius 1 is 1.50 bits per heavy atom. The Morgan fingerprint density at radius 2 is 2.21 bits per heavy atom. The second kappa shape index (κ2) is 4.17. The molecule has 76 valence electrons. The second-order valence-electron chi connectivity index (χ2n) is 2.93. The van der Waals surface area contributed by atoms with Gasteiger partial charge in [-0.2, -0.15) is 4.52 Å². The van der Waals surface area contributed by atoms with Gasteiger partial charge >= 0.3 is 0 Å².